The van der Waals surface area contributed by atoms with E-state index in [0.717, 1.165) is 12.8 Å². The van der Waals surface area contributed by atoms with Crippen LogP contribution in [0.5, 0.6) is 0 Å². The van der Waals surface area contributed by atoms with Crippen molar-refractivity contribution in [3.05, 3.63) is 199 Å². The summed E-state index contributed by atoms with van der Waals surface area (Å²) in [6.07, 6.45) is 9.43. The van der Waals surface area contributed by atoms with Gasteiger partial charge in [0.15, 0.2) is 8.07 Å². The van der Waals surface area contributed by atoms with Crippen molar-refractivity contribution in [1.29, 1.82) is 0 Å². The molecule has 7 rings (SSSR count). The Balaban J connectivity index is 1.60. The van der Waals surface area contributed by atoms with E-state index in [1.165, 1.54) is 40.3 Å². The first-order chi connectivity index (χ1) is 21.8. The fourth-order valence-corrected chi connectivity index (χ4v) is 15.8. The van der Waals surface area contributed by atoms with Gasteiger partial charge in [-0.05, 0) is 74.9 Å². The van der Waals surface area contributed by atoms with Crippen molar-refractivity contribution in [2.45, 2.75) is 27.5 Å². The monoisotopic (exact) mass is 600 g/mol. The molecule has 0 saturated carbocycles. The molecule has 0 aromatic heterocycles. The summed E-state index contributed by atoms with van der Waals surface area (Å²) in [5.74, 6) is 0. The smallest absolute Gasteiger partial charge is 0.133 e. The van der Waals surface area contributed by atoms with E-state index < -0.39 is 18.1 Å². The Morgan fingerprint density at radius 1 is 0.386 bits per heavy atom. The minimum Gasteiger partial charge on any atom is -0.133 e. The quantitative estimate of drug-likeness (QED) is 0.121. The van der Waals surface area contributed by atoms with Gasteiger partial charge in [-0.25, -0.2) is 0 Å². The number of allylic oxidation sites excluding steroid dienone is 3. The molecular formula is C42H36SSi. The lowest BCUT2D eigenvalue weighted by molar-refractivity contribution is 1.03. The topological polar surface area (TPSA) is 0 Å². The predicted octanol–water partition coefficient (Wildman–Crippen LogP) is 8.58. The van der Waals surface area contributed by atoms with Gasteiger partial charge in [0.25, 0.3) is 0 Å². The number of hydrogen-bond donors (Lipinski definition) is 0. The van der Waals surface area contributed by atoms with Crippen molar-refractivity contribution in [3.63, 3.8) is 0 Å². The normalized spacial score (nSPS) is 13.7. The second-order valence-corrected chi connectivity index (χ2v) is 18.1. The van der Waals surface area contributed by atoms with Crippen LogP contribution >= 0.6 is 10.0 Å². The van der Waals surface area contributed by atoms with Crippen molar-refractivity contribution >= 4 is 38.8 Å². The van der Waals surface area contributed by atoms with E-state index >= 15 is 0 Å². The van der Waals surface area contributed by atoms with Crippen molar-refractivity contribution in [2.75, 3.05) is 0 Å². The van der Waals surface area contributed by atoms with E-state index in [1.807, 2.05) is 0 Å². The van der Waals surface area contributed by atoms with Gasteiger partial charge in [0.1, 0.15) is 0 Å². The van der Waals surface area contributed by atoms with Crippen LogP contribution in [0.3, 0.4) is 0 Å². The molecule has 44 heavy (non-hydrogen) atoms. The molecule has 0 saturated heterocycles. The van der Waals surface area contributed by atoms with Gasteiger partial charge >= 0.3 is 0 Å². The molecule has 6 aromatic rings. The lowest BCUT2D eigenvalue weighted by atomic mass is 10.2. The molecule has 0 fully saturated rings. The van der Waals surface area contributed by atoms with Gasteiger partial charge < -0.3 is 0 Å². The molecule has 1 aliphatic rings. The zero-order chi connectivity index (χ0) is 29.7. The van der Waals surface area contributed by atoms with E-state index in [2.05, 4.69) is 194 Å². The maximum Gasteiger partial charge on any atom is 0.179 e. The second kappa shape index (κ2) is 12.5. The summed E-state index contributed by atoms with van der Waals surface area (Å²) in [7, 11) is -4.45. The third-order valence-electron chi connectivity index (χ3n) is 8.75. The van der Waals surface area contributed by atoms with Crippen molar-refractivity contribution in [1.82, 2.24) is 0 Å². The Kier molecular flexibility index (Phi) is 8.02. The van der Waals surface area contributed by atoms with Gasteiger partial charge in [0.2, 0.25) is 0 Å². The summed E-state index contributed by atoms with van der Waals surface area (Å²) in [6.45, 7) is 0. The highest BCUT2D eigenvalue weighted by atomic mass is 32.3. The molecule has 0 amide bonds. The van der Waals surface area contributed by atoms with Crippen LogP contribution < -0.4 is 20.7 Å². The molecule has 2 heteroatoms. The number of rotatable bonds is 8. The van der Waals surface area contributed by atoms with Crippen LogP contribution in [0.1, 0.15) is 12.8 Å². The first-order valence-corrected chi connectivity index (χ1v) is 19.1. The molecule has 0 nitrogen and oxygen atoms in total. The summed E-state index contributed by atoms with van der Waals surface area (Å²) in [6, 6.07) is 65.8. The maximum absolute atomic E-state index is 2.69. The zero-order valence-corrected chi connectivity index (χ0v) is 26.6. The standard InChI is InChI=1S/C42H36SSi/c1-7-20-35(21-8-1)43(36-22-9-2-10-23-36,37-24-11-3-12-25-37)38-26-19-33-42(34-38)44(39-27-13-4-14-28-39,40-29-15-5-16-30-40)41-31-17-6-18-32-41/h1-2,4-11,13-34H,3,12H2. The molecule has 0 radical (unpaired) electrons. The Bertz CT molecular complexity index is 1740. The molecule has 0 spiro atoms. The summed E-state index contributed by atoms with van der Waals surface area (Å²) in [5.41, 5.74) is 0. The van der Waals surface area contributed by atoms with Gasteiger partial charge in [-0.2, -0.15) is 0 Å². The molecular weight excluding hydrogens is 565 g/mol. The molecule has 6 aromatic carbocycles. The van der Waals surface area contributed by atoms with E-state index in [1.54, 1.807) is 0 Å². The van der Waals surface area contributed by atoms with Gasteiger partial charge in [0.05, 0.1) is 0 Å². The first kappa shape index (κ1) is 28.2. The molecule has 0 bridgehead atoms. The molecule has 1 aliphatic carbocycles. The lowest BCUT2D eigenvalue weighted by Gasteiger charge is -2.44. The Hall–Kier alpha value is -4.63. The fourth-order valence-electron chi connectivity index (χ4n) is 6.87. The number of hydrogen-bond acceptors (Lipinski definition) is 0. The highest BCUT2D eigenvalue weighted by Crippen LogP contribution is 2.73. The van der Waals surface area contributed by atoms with Crippen LogP contribution in [-0.4, -0.2) is 8.07 Å². The van der Waals surface area contributed by atoms with Gasteiger partial charge in [-0.1, -0.05) is 158 Å². The van der Waals surface area contributed by atoms with Crippen LogP contribution in [0.25, 0.3) is 0 Å². The van der Waals surface area contributed by atoms with Crippen LogP contribution in [0.2, 0.25) is 0 Å². The molecule has 0 N–H and O–H groups in total. The highest BCUT2D eigenvalue weighted by molar-refractivity contribution is 8.37. The average Bonchev–Trinajstić information content (AvgIpc) is 3.12. The van der Waals surface area contributed by atoms with Crippen molar-refractivity contribution < 1.29 is 0 Å². The molecule has 0 unspecified atom stereocenters. The SMILES string of the molecule is C1=CC(S(c2ccccc2)(c2ccccc2)c2cccc([Si](c3ccccc3)(c3ccccc3)c3ccccc3)c2)=CCC1. The van der Waals surface area contributed by atoms with Crippen LogP contribution in [-0.2, 0) is 0 Å². The Labute approximate surface area is 264 Å². The lowest BCUT2D eigenvalue weighted by Crippen LogP contribution is -2.74. The minimum absolute atomic E-state index is 1.07. The largest absolute Gasteiger partial charge is 0.179 e. The maximum atomic E-state index is 2.58. The van der Waals surface area contributed by atoms with Gasteiger partial charge in [-0.15, -0.1) is 10.0 Å². The van der Waals surface area contributed by atoms with E-state index in [-0.39, 0.29) is 0 Å². The van der Waals surface area contributed by atoms with E-state index in [9.17, 15) is 0 Å². The average molecular weight is 601 g/mol. The summed E-state index contributed by atoms with van der Waals surface area (Å²) in [4.78, 5) is 5.54. The summed E-state index contributed by atoms with van der Waals surface area (Å²) in [5, 5.41) is 5.59. The Morgan fingerprint density at radius 2 is 0.795 bits per heavy atom. The number of benzene rings is 6. The van der Waals surface area contributed by atoms with Gasteiger partial charge in [-0.3, -0.25) is 0 Å². The van der Waals surface area contributed by atoms with E-state index in [0.29, 0.717) is 0 Å². The third-order valence-corrected chi connectivity index (χ3v) is 17.5. The summed E-state index contributed by atoms with van der Waals surface area (Å²) >= 11 is 0. The van der Waals surface area contributed by atoms with Crippen LogP contribution in [0.4, 0.5) is 0 Å². The van der Waals surface area contributed by atoms with Crippen molar-refractivity contribution in [3.8, 4) is 0 Å². The Morgan fingerprint density at radius 3 is 1.23 bits per heavy atom. The van der Waals surface area contributed by atoms with E-state index in [4.69, 9.17) is 0 Å². The zero-order valence-electron chi connectivity index (χ0n) is 24.8. The minimum atomic E-state index is -2.69. The second-order valence-electron chi connectivity index (χ2n) is 11.2. The van der Waals surface area contributed by atoms with Gasteiger partial charge in [0, 0.05) is 14.7 Å². The fraction of sp³-hybridized carbons (Fsp3) is 0.0476. The third kappa shape index (κ3) is 4.81. The molecule has 0 heterocycles. The molecule has 0 atom stereocenters. The molecule has 214 valence electrons. The van der Waals surface area contributed by atoms with Crippen molar-refractivity contribution in [2.24, 2.45) is 0 Å². The first-order valence-electron chi connectivity index (χ1n) is 15.4. The predicted molar refractivity (Wildman–Crippen MR) is 192 cm³/mol. The summed E-state index contributed by atoms with van der Waals surface area (Å²) < 4.78 is 0. The van der Waals surface area contributed by atoms with Crippen LogP contribution in [0.15, 0.2) is 214 Å². The van der Waals surface area contributed by atoms with Crippen LogP contribution in [0, 0.1) is 0 Å². The molecule has 0 aliphatic heterocycles. The highest BCUT2D eigenvalue weighted by Gasteiger charge is 2.43.